The van der Waals surface area contributed by atoms with E-state index in [0.29, 0.717) is 35.5 Å². The maximum atomic E-state index is 5.60. The fourth-order valence-corrected chi connectivity index (χ4v) is 3.42. The Hall–Kier alpha value is -3.10. The van der Waals surface area contributed by atoms with Crippen molar-refractivity contribution in [3.8, 4) is 28.6 Å². The van der Waals surface area contributed by atoms with Crippen LogP contribution in [0.2, 0.25) is 0 Å². The highest BCUT2D eigenvalue weighted by Gasteiger charge is 2.34. The molecule has 0 aliphatic carbocycles. The van der Waals surface area contributed by atoms with Crippen molar-refractivity contribution < 1.29 is 18.7 Å². The van der Waals surface area contributed by atoms with E-state index < -0.39 is 0 Å². The molecule has 0 bridgehead atoms. The molecule has 1 aliphatic heterocycles. The predicted octanol–water partition coefficient (Wildman–Crippen LogP) is 2.70. The summed E-state index contributed by atoms with van der Waals surface area (Å²) in [6.07, 6.45) is 0. The van der Waals surface area contributed by atoms with Crippen LogP contribution >= 0.6 is 0 Å². The first-order valence-electron chi connectivity index (χ1n) is 8.92. The van der Waals surface area contributed by atoms with Gasteiger partial charge in [0.15, 0.2) is 11.5 Å². The number of ether oxygens (including phenoxy) is 3. The van der Waals surface area contributed by atoms with E-state index in [9.17, 15) is 0 Å². The molecule has 146 valence electrons. The molecule has 0 saturated carbocycles. The normalized spacial score (nSPS) is 18.8. The Morgan fingerprint density at radius 3 is 2.36 bits per heavy atom. The monoisotopic (exact) mass is 382 g/mol. The van der Waals surface area contributed by atoms with E-state index >= 15 is 0 Å². The Morgan fingerprint density at radius 2 is 1.71 bits per heavy atom. The zero-order chi connectivity index (χ0) is 19.5. The molecule has 1 aliphatic rings. The molecule has 4 rings (SSSR count). The van der Waals surface area contributed by atoms with Gasteiger partial charge in [-0.25, -0.2) is 5.43 Å². The van der Waals surface area contributed by atoms with Gasteiger partial charge in [-0.1, -0.05) is 35.5 Å². The Bertz CT molecular complexity index is 919. The second-order valence-corrected chi connectivity index (χ2v) is 6.39. The minimum atomic E-state index is 0.0192. The summed E-state index contributed by atoms with van der Waals surface area (Å²) >= 11 is 0. The molecular formula is C20H22N4O4. The average molecular weight is 382 g/mol. The average Bonchev–Trinajstić information content (AvgIpc) is 3.42. The smallest absolute Gasteiger partial charge is 0.233 e. The van der Waals surface area contributed by atoms with Gasteiger partial charge in [0.25, 0.3) is 0 Å². The number of benzene rings is 2. The van der Waals surface area contributed by atoms with Crippen LogP contribution in [0.1, 0.15) is 23.4 Å². The lowest BCUT2D eigenvalue weighted by Gasteiger charge is -2.15. The van der Waals surface area contributed by atoms with Crippen LogP contribution in [0.15, 0.2) is 47.0 Å². The molecule has 8 nitrogen and oxygen atoms in total. The fourth-order valence-electron chi connectivity index (χ4n) is 3.42. The molecule has 1 aromatic heterocycles. The van der Waals surface area contributed by atoms with Crippen molar-refractivity contribution in [1.82, 2.24) is 21.0 Å². The molecule has 2 atom stereocenters. The summed E-state index contributed by atoms with van der Waals surface area (Å²) in [7, 11) is 4.71. The molecule has 0 spiro atoms. The van der Waals surface area contributed by atoms with Crippen LogP contribution in [-0.2, 0) is 0 Å². The number of hydrogen-bond acceptors (Lipinski definition) is 8. The standard InChI is InChI=1S/C20H22N4O4/c1-25-15-9-13(10-16(26-2)18(15)27-3)19-22-20(28-24-19)14-11-21-23-17(14)12-7-5-4-6-8-12/h4-10,14,17,21,23H,11H2,1-3H3. The van der Waals surface area contributed by atoms with Gasteiger partial charge in [0.2, 0.25) is 17.5 Å². The molecule has 0 radical (unpaired) electrons. The number of hydrazine groups is 1. The first kappa shape index (κ1) is 18.3. The second-order valence-electron chi connectivity index (χ2n) is 6.39. The van der Waals surface area contributed by atoms with E-state index in [4.69, 9.17) is 18.7 Å². The van der Waals surface area contributed by atoms with Gasteiger partial charge in [-0.2, -0.15) is 4.98 Å². The van der Waals surface area contributed by atoms with Crippen molar-refractivity contribution >= 4 is 0 Å². The van der Waals surface area contributed by atoms with E-state index in [-0.39, 0.29) is 12.0 Å². The molecule has 2 N–H and O–H groups in total. The van der Waals surface area contributed by atoms with Crippen LogP contribution < -0.4 is 25.1 Å². The van der Waals surface area contributed by atoms with E-state index in [1.165, 1.54) is 0 Å². The molecule has 0 amide bonds. The van der Waals surface area contributed by atoms with Crippen molar-refractivity contribution in [3.05, 3.63) is 53.9 Å². The Morgan fingerprint density at radius 1 is 1.00 bits per heavy atom. The van der Waals surface area contributed by atoms with Crippen LogP contribution in [0, 0.1) is 0 Å². The first-order valence-corrected chi connectivity index (χ1v) is 8.92. The molecular weight excluding hydrogens is 360 g/mol. The number of nitrogens with zero attached hydrogens (tertiary/aromatic N) is 2. The topological polar surface area (TPSA) is 90.7 Å². The van der Waals surface area contributed by atoms with Crippen molar-refractivity contribution in [2.45, 2.75) is 12.0 Å². The van der Waals surface area contributed by atoms with Gasteiger partial charge in [-0.3, -0.25) is 5.43 Å². The summed E-state index contributed by atoms with van der Waals surface area (Å²) in [4.78, 5) is 4.63. The highest BCUT2D eigenvalue weighted by Crippen LogP contribution is 2.41. The Labute approximate surface area is 162 Å². The molecule has 2 aromatic carbocycles. The molecule has 28 heavy (non-hydrogen) atoms. The summed E-state index contributed by atoms with van der Waals surface area (Å²) in [5.41, 5.74) is 8.35. The lowest BCUT2D eigenvalue weighted by molar-refractivity contribution is 0.324. The van der Waals surface area contributed by atoms with Gasteiger partial charge < -0.3 is 18.7 Å². The van der Waals surface area contributed by atoms with Crippen molar-refractivity contribution in [1.29, 1.82) is 0 Å². The van der Waals surface area contributed by atoms with Crippen LogP contribution in [0.4, 0.5) is 0 Å². The third kappa shape index (κ3) is 3.28. The number of rotatable bonds is 6. The quantitative estimate of drug-likeness (QED) is 0.673. The van der Waals surface area contributed by atoms with Gasteiger partial charge in [-0.15, -0.1) is 0 Å². The van der Waals surface area contributed by atoms with E-state index in [2.05, 4.69) is 33.1 Å². The first-order chi connectivity index (χ1) is 13.7. The molecule has 2 unspecified atom stereocenters. The lowest BCUT2D eigenvalue weighted by Crippen LogP contribution is -2.24. The maximum absolute atomic E-state index is 5.60. The summed E-state index contributed by atoms with van der Waals surface area (Å²) in [6, 6.07) is 13.8. The SMILES string of the molecule is COc1cc(-c2noc(C3CNNC3c3ccccc3)n2)cc(OC)c1OC. The summed E-state index contributed by atoms with van der Waals surface area (Å²) < 4.78 is 21.8. The largest absolute Gasteiger partial charge is 0.493 e. The van der Waals surface area contributed by atoms with E-state index in [0.717, 1.165) is 11.1 Å². The Kier molecular flexibility index (Phi) is 5.14. The number of hydrogen-bond donors (Lipinski definition) is 2. The summed E-state index contributed by atoms with van der Waals surface area (Å²) in [5.74, 6) is 2.64. The van der Waals surface area contributed by atoms with Crippen molar-refractivity contribution in [3.63, 3.8) is 0 Å². The molecule has 8 heteroatoms. The van der Waals surface area contributed by atoms with Crippen LogP contribution in [-0.4, -0.2) is 38.0 Å². The number of methoxy groups -OCH3 is 3. The molecule has 1 fully saturated rings. The molecule has 2 heterocycles. The highest BCUT2D eigenvalue weighted by molar-refractivity contribution is 5.66. The minimum Gasteiger partial charge on any atom is -0.493 e. The lowest BCUT2D eigenvalue weighted by atomic mass is 9.95. The highest BCUT2D eigenvalue weighted by atomic mass is 16.5. The number of aromatic nitrogens is 2. The second kappa shape index (κ2) is 7.87. The predicted molar refractivity (Wildman–Crippen MR) is 102 cm³/mol. The number of nitrogens with one attached hydrogen (secondary N) is 2. The van der Waals surface area contributed by atoms with Gasteiger partial charge >= 0.3 is 0 Å². The van der Waals surface area contributed by atoms with Crippen LogP contribution in [0.5, 0.6) is 17.2 Å². The summed E-state index contributed by atoms with van der Waals surface area (Å²) in [5, 5.41) is 4.17. The molecule has 1 saturated heterocycles. The Balaban J connectivity index is 1.66. The van der Waals surface area contributed by atoms with Gasteiger partial charge in [-0.05, 0) is 17.7 Å². The maximum Gasteiger partial charge on any atom is 0.233 e. The van der Waals surface area contributed by atoms with Gasteiger partial charge in [0.1, 0.15) is 0 Å². The van der Waals surface area contributed by atoms with E-state index in [1.807, 2.05) is 18.2 Å². The van der Waals surface area contributed by atoms with Crippen molar-refractivity contribution in [2.24, 2.45) is 0 Å². The fraction of sp³-hybridized carbons (Fsp3) is 0.300. The van der Waals surface area contributed by atoms with E-state index in [1.54, 1.807) is 33.5 Å². The van der Waals surface area contributed by atoms with Crippen LogP contribution in [0.3, 0.4) is 0 Å². The minimum absolute atomic E-state index is 0.0192. The molecule has 3 aromatic rings. The van der Waals surface area contributed by atoms with Gasteiger partial charge in [0, 0.05) is 12.1 Å². The summed E-state index contributed by atoms with van der Waals surface area (Å²) in [6.45, 7) is 0.691. The van der Waals surface area contributed by atoms with Crippen molar-refractivity contribution in [2.75, 3.05) is 27.9 Å². The zero-order valence-electron chi connectivity index (χ0n) is 15.9. The third-order valence-electron chi connectivity index (χ3n) is 4.82. The zero-order valence-corrected chi connectivity index (χ0v) is 15.9. The van der Waals surface area contributed by atoms with Crippen LogP contribution in [0.25, 0.3) is 11.4 Å². The third-order valence-corrected chi connectivity index (χ3v) is 4.82. The van der Waals surface area contributed by atoms with Gasteiger partial charge in [0.05, 0.1) is 33.3 Å².